The highest BCUT2D eigenvalue weighted by molar-refractivity contribution is 7.29. The Morgan fingerprint density at radius 1 is 0.617 bits per heavy atom. The molecular formula is C75H83BN3OS. The minimum Gasteiger partial charge on any atom is -0.461 e. The van der Waals surface area contributed by atoms with Gasteiger partial charge in [0.25, 0.3) is 0 Å². The van der Waals surface area contributed by atoms with Crippen LogP contribution in [0.3, 0.4) is 0 Å². The molecule has 0 saturated carbocycles. The van der Waals surface area contributed by atoms with Gasteiger partial charge in [0.05, 0.1) is 29.0 Å². The van der Waals surface area contributed by atoms with E-state index in [-0.39, 0.29) is 44.4 Å². The quantitative estimate of drug-likeness (QED) is 0.160. The Labute approximate surface area is 489 Å². The molecule has 1 unspecified atom stereocenters. The standard InChI is InChI=1S/C75H83BN3OS/c1-46-62-42-52(77(49-23-18-16-19-24-49)50-25-20-17-21-26-50)43-63(46)79(61-27-22-28-64-67(61)53-32-29-48(71(5,6)7)40-65(53)80-64)60-34-30-47(70(2,3)4)39-59(60)76-69-68(54-44-57-58(45-66(54)81-69)75(14,15)38-37-74(57,12)13)78(62)51-31-33-55-56(41-51)73(10,11)36-35-72(55,8)9/h16-29,31-33,39-45,61,67H,30,34-38H2,1-15H3/t61-,67?/m0/s1. The Balaban J connectivity index is 1.18. The first-order valence-electron chi connectivity index (χ1n) is 30.2. The summed E-state index contributed by atoms with van der Waals surface area (Å²) in [6, 6.07) is 46.9. The van der Waals surface area contributed by atoms with Gasteiger partial charge in [0.2, 0.25) is 7.28 Å². The topological polar surface area (TPSA) is 19.0 Å². The number of rotatable bonds is 5. The number of ether oxygens (including phenoxy) is 1. The van der Waals surface area contributed by atoms with E-state index in [1.807, 2.05) is 11.3 Å². The first-order valence-corrected chi connectivity index (χ1v) is 31.0. The van der Waals surface area contributed by atoms with Gasteiger partial charge in [-0.3, -0.25) is 0 Å². The molecule has 6 aliphatic rings. The van der Waals surface area contributed by atoms with Crippen molar-refractivity contribution in [3.05, 3.63) is 207 Å². The van der Waals surface area contributed by atoms with Crippen molar-refractivity contribution in [3.63, 3.8) is 0 Å². The molecule has 3 heterocycles. The molecule has 1 radical (unpaired) electrons. The zero-order chi connectivity index (χ0) is 56.9. The Bertz CT molecular complexity index is 3790. The van der Waals surface area contributed by atoms with Crippen LogP contribution >= 0.6 is 11.3 Å². The molecule has 0 spiro atoms. The third-order valence-electron chi connectivity index (χ3n) is 19.9. The summed E-state index contributed by atoms with van der Waals surface area (Å²) in [6.07, 6.45) is 16.1. The van der Waals surface area contributed by atoms with Crippen molar-refractivity contribution in [2.24, 2.45) is 5.41 Å². The molecule has 7 aromatic rings. The van der Waals surface area contributed by atoms with E-state index in [4.69, 9.17) is 4.74 Å². The van der Waals surface area contributed by atoms with Crippen molar-refractivity contribution in [3.8, 4) is 5.75 Å². The lowest BCUT2D eigenvalue weighted by Gasteiger charge is -2.44. The fraction of sp³-hybridized carbons (Fsp3) is 0.387. The molecule has 2 aliphatic heterocycles. The van der Waals surface area contributed by atoms with Gasteiger partial charge in [0.15, 0.2) is 0 Å². The molecule has 0 amide bonds. The Kier molecular flexibility index (Phi) is 12.5. The summed E-state index contributed by atoms with van der Waals surface area (Å²) in [4.78, 5) is 8.02. The second-order valence-corrected chi connectivity index (χ2v) is 30.4. The first-order chi connectivity index (χ1) is 38.3. The molecule has 4 aliphatic carbocycles. The number of para-hydroxylation sites is 2. The van der Waals surface area contributed by atoms with Crippen molar-refractivity contribution in [2.45, 2.75) is 181 Å². The van der Waals surface area contributed by atoms with Crippen molar-refractivity contribution in [1.29, 1.82) is 0 Å². The fourth-order valence-electron chi connectivity index (χ4n) is 14.6. The van der Waals surface area contributed by atoms with Crippen LogP contribution in [0.15, 0.2) is 168 Å². The molecule has 0 saturated heterocycles. The van der Waals surface area contributed by atoms with Crippen LogP contribution in [0.4, 0.5) is 39.8 Å². The predicted octanol–water partition coefficient (Wildman–Crippen LogP) is 20.3. The Morgan fingerprint density at radius 2 is 1.22 bits per heavy atom. The molecule has 0 fully saturated rings. The number of fused-ring (bicyclic) bond motifs is 10. The van der Waals surface area contributed by atoms with Crippen LogP contribution in [0.5, 0.6) is 5.75 Å². The van der Waals surface area contributed by atoms with Gasteiger partial charge in [-0.1, -0.05) is 181 Å². The van der Waals surface area contributed by atoms with Crippen LogP contribution in [0.25, 0.3) is 10.1 Å². The van der Waals surface area contributed by atoms with E-state index < -0.39 is 0 Å². The van der Waals surface area contributed by atoms with E-state index in [0.717, 1.165) is 54.3 Å². The number of benzene rings is 6. The Morgan fingerprint density at radius 3 is 1.85 bits per heavy atom. The Hall–Kier alpha value is -6.50. The monoisotopic (exact) mass is 1080 g/mol. The molecule has 13 rings (SSSR count). The number of hydrogen-bond donors (Lipinski definition) is 0. The summed E-state index contributed by atoms with van der Waals surface area (Å²) >= 11 is 1.99. The van der Waals surface area contributed by atoms with Gasteiger partial charge in [-0.15, -0.1) is 11.3 Å². The van der Waals surface area contributed by atoms with Crippen LogP contribution in [-0.2, 0) is 27.1 Å². The van der Waals surface area contributed by atoms with Crippen molar-refractivity contribution in [2.75, 3.05) is 14.7 Å². The van der Waals surface area contributed by atoms with Crippen LogP contribution in [0.1, 0.15) is 180 Å². The minimum atomic E-state index is -0.101. The van der Waals surface area contributed by atoms with Crippen LogP contribution in [0, 0.1) is 12.3 Å². The maximum Gasteiger partial charge on any atom is 0.210 e. The lowest BCUT2D eigenvalue weighted by Crippen LogP contribution is -2.42. The number of anilines is 7. The van der Waals surface area contributed by atoms with Gasteiger partial charge < -0.3 is 19.4 Å². The predicted molar refractivity (Wildman–Crippen MR) is 348 cm³/mol. The van der Waals surface area contributed by atoms with E-state index in [9.17, 15) is 0 Å². The zero-order valence-corrected chi connectivity index (χ0v) is 51.8. The fourth-order valence-corrected chi connectivity index (χ4v) is 15.8. The molecule has 413 valence electrons. The molecule has 2 atom stereocenters. The second-order valence-electron chi connectivity index (χ2n) is 29.3. The molecule has 81 heavy (non-hydrogen) atoms. The molecular weight excluding hydrogens is 1000 g/mol. The summed E-state index contributed by atoms with van der Waals surface area (Å²) in [5.74, 6) is 1.96. The average Bonchev–Trinajstić information content (AvgIpc) is 4.18. The largest absolute Gasteiger partial charge is 0.461 e. The van der Waals surface area contributed by atoms with E-state index in [2.05, 4.69) is 271 Å². The van der Waals surface area contributed by atoms with Gasteiger partial charge in [-0.25, -0.2) is 0 Å². The second kappa shape index (κ2) is 18.8. The van der Waals surface area contributed by atoms with Gasteiger partial charge in [0, 0.05) is 44.1 Å². The van der Waals surface area contributed by atoms with E-state index >= 15 is 0 Å². The highest BCUT2D eigenvalue weighted by atomic mass is 32.1. The average molecular weight is 1090 g/mol. The lowest BCUT2D eigenvalue weighted by molar-refractivity contribution is 0.332. The third-order valence-corrected chi connectivity index (χ3v) is 21.0. The number of nitrogens with zero attached hydrogens (tertiary/aromatic N) is 3. The molecule has 6 aromatic carbocycles. The summed E-state index contributed by atoms with van der Waals surface area (Å²) in [7, 11) is 2.63. The number of hydrogen-bond acceptors (Lipinski definition) is 5. The molecule has 6 heteroatoms. The normalized spacial score (nSPS) is 21.1. The zero-order valence-electron chi connectivity index (χ0n) is 51.0. The van der Waals surface area contributed by atoms with Gasteiger partial charge in [0.1, 0.15) is 11.5 Å². The lowest BCUT2D eigenvalue weighted by atomic mass is 9.61. The maximum atomic E-state index is 7.06. The highest BCUT2D eigenvalue weighted by Gasteiger charge is 2.45. The van der Waals surface area contributed by atoms with Gasteiger partial charge >= 0.3 is 0 Å². The summed E-state index contributed by atoms with van der Waals surface area (Å²) < 4.78 is 9.71. The maximum absolute atomic E-state index is 7.06. The molecule has 0 N–H and O–H groups in total. The van der Waals surface area contributed by atoms with Crippen LogP contribution in [0.2, 0.25) is 0 Å². The summed E-state index contributed by atoms with van der Waals surface area (Å²) in [5, 5.41) is 1.33. The summed E-state index contributed by atoms with van der Waals surface area (Å²) in [6.45, 7) is 36.3. The molecule has 2 bridgehead atoms. The summed E-state index contributed by atoms with van der Waals surface area (Å²) in [5.41, 5.74) is 22.2. The van der Waals surface area contributed by atoms with Gasteiger partial charge in [-0.05, 0) is 189 Å². The van der Waals surface area contributed by atoms with Crippen molar-refractivity contribution < 1.29 is 4.74 Å². The smallest absolute Gasteiger partial charge is 0.210 e. The highest BCUT2D eigenvalue weighted by Crippen LogP contribution is 2.57. The SMILES string of the molecule is Cc1c2cc(N(c3ccccc3)c3ccccc3)cc1N([C@H]1C=CC=C3Oc4cc(C(C)(C)C)ccc4C31)C1=C([B]c3sc4cc5c(cc4c3N2c2ccc3c(c2)C(C)(C)CCC3(C)C)C(C)(C)CCC5(C)C)C=C(C(C)(C)C)CC1. The van der Waals surface area contributed by atoms with E-state index in [1.165, 1.54) is 106 Å². The molecule has 1 aromatic heterocycles. The minimum absolute atomic E-state index is 0.00359. The first kappa shape index (κ1) is 53.8. The van der Waals surface area contributed by atoms with Crippen molar-refractivity contribution >= 4 is 73.3 Å². The van der Waals surface area contributed by atoms with Crippen LogP contribution in [-0.4, -0.2) is 13.3 Å². The van der Waals surface area contributed by atoms with E-state index in [1.54, 1.807) is 0 Å². The van der Waals surface area contributed by atoms with Gasteiger partial charge in [-0.2, -0.15) is 0 Å². The van der Waals surface area contributed by atoms with E-state index in [0.29, 0.717) is 0 Å². The molecule has 4 nitrogen and oxygen atoms in total. The number of allylic oxidation sites excluding steroid dienone is 6. The van der Waals surface area contributed by atoms with Crippen LogP contribution < -0.4 is 24.2 Å². The van der Waals surface area contributed by atoms with Crippen molar-refractivity contribution in [1.82, 2.24) is 0 Å². The number of thiophene rings is 1. The third kappa shape index (κ3) is 8.99.